The molecule has 5 rings (SSSR count). The van der Waals surface area contributed by atoms with Gasteiger partial charge in [-0.3, -0.25) is 14.7 Å². The van der Waals surface area contributed by atoms with Crippen LogP contribution in [-0.2, 0) is 15.1 Å². The van der Waals surface area contributed by atoms with Crippen LogP contribution in [0.3, 0.4) is 0 Å². The smallest absolute Gasteiger partial charge is 0.267 e. The average molecular weight is 386 g/mol. The molecule has 2 N–H and O–H groups in total. The SMILES string of the molecule is COC1(c2ccnc(C(N)=O)c2)[C@@H]2CCC[C@H]1CN(C1C[C@H]3CC[C@@H](C1)O3)C2. The molecule has 6 heteroatoms. The summed E-state index contributed by atoms with van der Waals surface area (Å²) >= 11 is 0. The maximum atomic E-state index is 11.7. The van der Waals surface area contributed by atoms with Gasteiger partial charge in [0.2, 0.25) is 0 Å². The molecule has 6 atom stereocenters. The zero-order chi connectivity index (χ0) is 19.3. The Morgan fingerprint density at radius 3 is 2.50 bits per heavy atom. The molecular formula is C22H31N3O3. The Morgan fingerprint density at radius 1 is 1.21 bits per heavy atom. The van der Waals surface area contributed by atoms with Gasteiger partial charge >= 0.3 is 0 Å². The molecule has 0 radical (unpaired) electrons. The summed E-state index contributed by atoms with van der Waals surface area (Å²) in [6, 6.07) is 4.52. The van der Waals surface area contributed by atoms with Crippen LogP contribution in [0.5, 0.6) is 0 Å². The van der Waals surface area contributed by atoms with Crippen molar-refractivity contribution in [2.24, 2.45) is 17.6 Å². The molecule has 6 nitrogen and oxygen atoms in total. The summed E-state index contributed by atoms with van der Waals surface area (Å²) in [5.41, 5.74) is 6.56. The molecule has 4 heterocycles. The van der Waals surface area contributed by atoms with Crippen molar-refractivity contribution in [1.82, 2.24) is 9.88 Å². The van der Waals surface area contributed by atoms with Crippen molar-refractivity contribution in [2.45, 2.75) is 68.8 Å². The maximum Gasteiger partial charge on any atom is 0.267 e. The third-order valence-corrected chi connectivity index (χ3v) is 7.81. The highest BCUT2D eigenvalue weighted by Gasteiger charge is 2.54. The third-order valence-electron chi connectivity index (χ3n) is 7.81. The first-order chi connectivity index (χ1) is 13.6. The van der Waals surface area contributed by atoms with Gasteiger partial charge in [0.15, 0.2) is 0 Å². The molecule has 1 saturated carbocycles. The van der Waals surface area contributed by atoms with Gasteiger partial charge in [-0.2, -0.15) is 0 Å². The average Bonchev–Trinajstić information content (AvgIpc) is 3.04. The Kier molecular flexibility index (Phi) is 4.68. The minimum absolute atomic E-state index is 0.329. The van der Waals surface area contributed by atoms with E-state index in [1.165, 1.54) is 32.1 Å². The van der Waals surface area contributed by atoms with Crippen molar-refractivity contribution in [3.05, 3.63) is 29.6 Å². The zero-order valence-electron chi connectivity index (χ0n) is 16.7. The third kappa shape index (κ3) is 2.88. The quantitative estimate of drug-likeness (QED) is 0.861. The van der Waals surface area contributed by atoms with Crippen LogP contribution < -0.4 is 5.73 Å². The Hall–Kier alpha value is -1.50. The second-order valence-electron chi connectivity index (χ2n) is 9.15. The lowest BCUT2D eigenvalue weighted by Gasteiger charge is -2.57. The molecular weight excluding hydrogens is 354 g/mol. The van der Waals surface area contributed by atoms with E-state index in [0.29, 0.717) is 35.8 Å². The number of pyridine rings is 1. The predicted molar refractivity (Wildman–Crippen MR) is 105 cm³/mol. The lowest BCUT2D eigenvalue weighted by Crippen LogP contribution is -2.61. The van der Waals surface area contributed by atoms with Crippen LogP contribution in [0.15, 0.2) is 18.3 Å². The van der Waals surface area contributed by atoms with E-state index in [-0.39, 0.29) is 5.60 Å². The number of nitrogens with two attached hydrogens (primary N) is 1. The van der Waals surface area contributed by atoms with E-state index in [4.69, 9.17) is 15.2 Å². The number of methoxy groups -OCH3 is 1. The van der Waals surface area contributed by atoms with Gasteiger partial charge in [-0.05, 0) is 56.2 Å². The number of ether oxygens (including phenoxy) is 2. The Balaban J connectivity index is 1.44. The largest absolute Gasteiger partial charge is 0.375 e. The van der Waals surface area contributed by atoms with Crippen LogP contribution in [-0.4, -0.2) is 54.2 Å². The lowest BCUT2D eigenvalue weighted by atomic mass is 9.62. The Bertz CT molecular complexity index is 728. The molecule has 152 valence electrons. The first-order valence-corrected chi connectivity index (χ1v) is 10.8. The molecule has 4 bridgehead atoms. The number of hydrogen-bond donors (Lipinski definition) is 1. The first-order valence-electron chi connectivity index (χ1n) is 10.8. The first kappa shape index (κ1) is 18.5. The van der Waals surface area contributed by atoms with Gasteiger partial charge in [-0.15, -0.1) is 0 Å². The number of hydrogen-bond acceptors (Lipinski definition) is 5. The van der Waals surface area contributed by atoms with Crippen molar-refractivity contribution in [3.8, 4) is 0 Å². The molecule has 3 saturated heterocycles. The summed E-state index contributed by atoms with van der Waals surface area (Å²) in [6.45, 7) is 2.12. The number of piperidine rings is 1. The fourth-order valence-electron chi connectivity index (χ4n) is 6.62. The minimum atomic E-state index is -0.478. The topological polar surface area (TPSA) is 77.7 Å². The maximum absolute atomic E-state index is 11.7. The molecule has 2 unspecified atom stereocenters. The summed E-state index contributed by atoms with van der Waals surface area (Å²) < 4.78 is 12.4. The van der Waals surface area contributed by atoms with E-state index in [1.807, 2.05) is 19.2 Å². The van der Waals surface area contributed by atoms with Gasteiger partial charge in [0.1, 0.15) is 11.3 Å². The minimum Gasteiger partial charge on any atom is -0.375 e. The Labute approximate surface area is 166 Å². The van der Waals surface area contributed by atoms with Crippen molar-refractivity contribution in [2.75, 3.05) is 20.2 Å². The van der Waals surface area contributed by atoms with Crippen LogP contribution in [0.4, 0.5) is 0 Å². The number of aromatic nitrogens is 1. The zero-order valence-corrected chi connectivity index (χ0v) is 16.7. The van der Waals surface area contributed by atoms with Gasteiger partial charge in [-0.25, -0.2) is 0 Å². The molecule has 1 amide bonds. The van der Waals surface area contributed by atoms with Crippen LogP contribution in [0.1, 0.15) is 61.0 Å². The van der Waals surface area contributed by atoms with Gasteiger partial charge in [-0.1, -0.05) is 6.42 Å². The van der Waals surface area contributed by atoms with E-state index < -0.39 is 5.91 Å². The highest BCUT2D eigenvalue weighted by atomic mass is 16.5. The van der Waals surface area contributed by atoms with E-state index >= 15 is 0 Å². The number of fused-ring (bicyclic) bond motifs is 4. The van der Waals surface area contributed by atoms with E-state index in [9.17, 15) is 4.79 Å². The van der Waals surface area contributed by atoms with Crippen molar-refractivity contribution >= 4 is 5.91 Å². The highest BCUT2D eigenvalue weighted by Crippen LogP contribution is 2.52. The monoisotopic (exact) mass is 385 g/mol. The number of carbonyl (C=O) groups excluding carboxylic acids is 1. The number of likely N-dealkylation sites (tertiary alicyclic amines) is 1. The second kappa shape index (κ2) is 7.08. The van der Waals surface area contributed by atoms with Crippen LogP contribution in [0.25, 0.3) is 0 Å². The molecule has 3 aliphatic heterocycles. The van der Waals surface area contributed by atoms with Crippen LogP contribution in [0, 0.1) is 11.8 Å². The van der Waals surface area contributed by atoms with Gasteiger partial charge in [0.25, 0.3) is 5.91 Å². The van der Waals surface area contributed by atoms with Gasteiger partial charge in [0, 0.05) is 44.3 Å². The molecule has 0 aromatic carbocycles. The van der Waals surface area contributed by atoms with Crippen molar-refractivity contribution < 1.29 is 14.3 Å². The summed E-state index contributed by atoms with van der Waals surface area (Å²) in [7, 11) is 1.83. The van der Waals surface area contributed by atoms with Crippen LogP contribution in [0.2, 0.25) is 0 Å². The standard InChI is InChI=1S/C22H31N3O3/c1-27-22(14-7-8-24-20(9-14)21(23)26)15-3-2-4-16(22)13-25(12-15)17-10-18-5-6-19(11-17)28-18/h7-9,15-19H,2-6,10-13H2,1H3,(H2,23,26)/t15-,16+,17?,18-,19+,22?. The van der Waals surface area contributed by atoms with E-state index in [2.05, 4.69) is 9.88 Å². The Morgan fingerprint density at radius 2 is 1.89 bits per heavy atom. The fourth-order valence-corrected chi connectivity index (χ4v) is 6.62. The van der Waals surface area contributed by atoms with E-state index in [1.54, 1.807) is 6.20 Å². The molecule has 1 aromatic rings. The summed E-state index contributed by atoms with van der Waals surface area (Å²) in [5.74, 6) is 0.371. The molecule has 1 aromatic heterocycles. The highest BCUT2D eigenvalue weighted by molar-refractivity contribution is 5.90. The molecule has 4 aliphatic rings. The van der Waals surface area contributed by atoms with E-state index in [0.717, 1.165) is 31.5 Å². The summed E-state index contributed by atoms with van der Waals surface area (Å²) in [4.78, 5) is 18.6. The van der Waals surface area contributed by atoms with Gasteiger partial charge in [0.05, 0.1) is 12.2 Å². The lowest BCUT2D eigenvalue weighted by molar-refractivity contribution is -0.180. The summed E-state index contributed by atoms with van der Waals surface area (Å²) in [5, 5.41) is 0. The molecule has 4 fully saturated rings. The number of nitrogens with zero attached hydrogens (tertiary/aromatic N) is 2. The number of rotatable bonds is 4. The number of carbonyl (C=O) groups is 1. The molecule has 1 aliphatic carbocycles. The summed E-state index contributed by atoms with van der Waals surface area (Å²) in [6.07, 6.45) is 11.0. The van der Waals surface area contributed by atoms with Crippen LogP contribution >= 0.6 is 0 Å². The van der Waals surface area contributed by atoms with Crippen molar-refractivity contribution in [3.63, 3.8) is 0 Å². The fraction of sp³-hybridized carbons (Fsp3) is 0.727. The van der Waals surface area contributed by atoms with Gasteiger partial charge < -0.3 is 15.2 Å². The normalized spacial score (nSPS) is 40.4. The molecule has 28 heavy (non-hydrogen) atoms. The number of amides is 1. The van der Waals surface area contributed by atoms with Crippen molar-refractivity contribution in [1.29, 1.82) is 0 Å². The second-order valence-corrected chi connectivity index (χ2v) is 9.15. The molecule has 0 spiro atoms. The predicted octanol–water partition coefficient (Wildman–Crippen LogP) is 2.46. The number of primary amides is 1.